The molecule has 3 rings (SSSR count). The average Bonchev–Trinajstić information content (AvgIpc) is 3.25. The summed E-state index contributed by atoms with van der Waals surface area (Å²) in [5.74, 6) is -1.33. The van der Waals surface area contributed by atoms with Gasteiger partial charge < -0.3 is 15.7 Å². The number of benzene rings is 1. The highest BCUT2D eigenvalue weighted by Crippen LogP contribution is 2.23. The molecule has 1 aliphatic rings. The molecule has 3 N–H and O–H groups in total. The van der Waals surface area contributed by atoms with Gasteiger partial charge in [-0.1, -0.05) is 6.07 Å². The molecule has 1 aliphatic heterocycles. The lowest BCUT2D eigenvalue weighted by molar-refractivity contribution is -0.137. The number of nitrogens with one attached hydrogen (secondary N) is 2. The zero-order valence-electron chi connectivity index (χ0n) is 13.3. The zero-order valence-corrected chi connectivity index (χ0v) is 14.1. The molecule has 0 radical (unpaired) electrons. The topological polar surface area (TPSA) is 98.7 Å². The summed E-state index contributed by atoms with van der Waals surface area (Å²) in [6.45, 7) is 1.18. The number of aliphatic carboxylic acids is 1. The van der Waals surface area contributed by atoms with Crippen molar-refractivity contribution in [2.45, 2.75) is 12.5 Å². The van der Waals surface area contributed by atoms with Gasteiger partial charge in [0.15, 0.2) is 0 Å². The molecule has 0 bridgehead atoms. The smallest absolute Gasteiger partial charge is 0.321 e. The summed E-state index contributed by atoms with van der Waals surface area (Å²) in [6, 6.07) is 9.55. The van der Waals surface area contributed by atoms with Gasteiger partial charge in [-0.25, -0.2) is 4.79 Å². The summed E-state index contributed by atoms with van der Waals surface area (Å²) in [5.41, 5.74) is 1.13. The Morgan fingerprint density at radius 3 is 2.60 bits per heavy atom. The lowest BCUT2D eigenvalue weighted by Gasteiger charge is -2.17. The maximum atomic E-state index is 12.4. The number of nitrogens with zero attached hydrogens (tertiary/aromatic N) is 1. The van der Waals surface area contributed by atoms with E-state index in [2.05, 4.69) is 10.6 Å². The zero-order chi connectivity index (χ0) is 17.8. The van der Waals surface area contributed by atoms with E-state index in [9.17, 15) is 14.4 Å². The molecule has 1 saturated heterocycles. The molecule has 1 fully saturated rings. The second-order valence-corrected chi connectivity index (χ2v) is 6.55. The minimum Gasteiger partial charge on any atom is -0.481 e. The summed E-state index contributed by atoms with van der Waals surface area (Å²) >= 11 is 1.40. The fourth-order valence-electron chi connectivity index (χ4n) is 2.64. The first-order valence-electron chi connectivity index (χ1n) is 7.76. The molecule has 130 valence electrons. The molecule has 1 aromatic carbocycles. The Hall–Kier alpha value is -2.87. The van der Waals surface area contributed by atoms with E-state index in [0.717, 1.165) is 4.88 Å². The number of carbonyl (C=O) groups is 3. The van der Waals surface area contributed by atoms with Crippen LogP contribution < -0.4 is 15.5 Å². The lowest BCUT2D eigenvalue weighted by atomic mass is 10.1. The normalized spacial score (nSPS) is 14.9. The number of hydrogen-bond donors (Lipinski definition) is 3. The Labute approximate surface area is 148 Å². The number of carboxylic acids is 1. The van der Waals surface area contributed by atoms with Gasteiger partial charge in [0.1, 0.15) is 0 Å². The van der Waals surface area contributed by atoms with E-state index < -0.39 is 12.0 Å². The number of anilines is 1. The predicted octanol–water partition coefficient (Wildman–Crippen LogP) is 2.22. The van der Waals surface area contributed by atoms with Gasteiger partial charge in [0.25, 0.3) is 5.91 Å². The number of hydrogen-bond acceptors (Lipinski definition) is 4. The molecule has 25 heavy (non-hydrogen) atoms. The Kier molecular flexibility index (Phi) is 4.99. The van der Waals surface area contributed by atoms with Gasteiger partial charge >= 0.3 is 12.0 Å². The van der Waals surface area contributed by atoms with Crippen molar-refractivity contribution in [1.82, 2.24) is 10.6 Å². The SMILES string of the molecule is O=C(O)CC(NC(=O)c1ccc(N2CCNC2=O)cc1)c1cccs1. The van der Waals surface area contributed by atoms with Crippen molar-refractivity contribution < 1.29 is 19.5 Å². The molecule has 0 saturated carbocycles. The second-order valence-electron chi connectivity index (χ2n) is 5.57. The van der Waals surface area contributed by atoms with Crippen molar-refractivity contribution >= 4 is 34.9 Å². The number of carbonyl (C=O) groups excluding carboxylic acids is 2. The first-order chi connectivity index (χ1) is 12.0. The summed E-state index contributed by atoms with van der Waals surface area (Å²) < 4.78 is 0. The Balaban J connectivity index is 1.71. The van der Waals surface area contributed by atoms with Crippen LogP contribution in [0.1, 0.15) is 27.7 Å². The molecule has 7 nitrogen and oxygen atoms in total. The third kappa shape index (κ3) is 3.97. The van der Waals surface area contributed by atoms with Gasteiger partial charge in [0.2, 0.25) is 0 Å². The van der Waals surface area contributed by atoms with Gasteiger partial charge in [-0.15, -0.1) is 11.3 Å². The van der Waals surface area contributed by atoms with Crippen LogP contribution in [0.4, 0.5) is 10.5 Å². The number of urea groups is 1. The largest absolute Gasteiger partial charge is 0.481 e. The van der Waals surface area contributed by atoms with E-state index in [-0.39, 0.29) is 18.4 Å². The maximum absolute atomic E-state index is 12.4. The minimum atomic E-state index is -0.978. The van der Waals surface area contributed by atoms with E-state index in [1.807, 2.05) is 11.4 Å². The summed E-state index contributed by atoms with van der Waals surface area (Å²) in [7, 11) is 0. The second kappa shape index (κ2) is 7.35. The van der Waals surface area contributed by atoms with Crippen LogP contribution in [0.5, 0.6) is 0 Å². The quantitative estimate of drug-likeness (QED) is 0.736. The van der Waals surface area contributed by atoms with E-state index in [4.69, 9.17) is 5.11 Å². The van der Waals surface area contributed by atoms with Gasteiger partial charge in [-0.05, 0) is 35.7 Å². The van der Waals surface area contributed by atoms with Crippen molar-refractivity contribution in [1.29, 1.82) is 0 Å². The monoisotopic (exact) mass is 359 g/mol. The molecule has 0 spiro atoms. The molecular formula is C17H17N3O4S. The van der Waals surface area contributed by atoms with Crippen molar-refractivity contribution in [2.24, 2.45) is 0 Å². The van der Waals surface area contributed by atoms with Gasteiger partial charge in [0.05, 0.1) is 12.5 Å². The van der Waals surface area contributed by atoms with Crippen LogP contribution in [0, 0.1) is 0 Å². The van der Waals surface area contributed by atoms with Crippen molar-refractivity contribution in [2.75, 3.05) is 18.0 Å². The molecular weight excluding hydrogens is 342 g/mol. The third-order valence-corrected chi connectivity index (χ3v) is 4.85. The lowest BCUT2D eigenvalue weighted by Crippen LogP contribution is -2.30. The number of thiophene rings is 1. The van der Waals surface area contributed by atoms with Crippen LogP contribution in [0.25, 0.3) is 0 Å². The fourth-order valence-corrected chi connectivity index (χ4v) is 3.42. The molecule has 2 aromatic rings. The Morgan fingerprint density at radius 2 is 2.04 bits per heavy atom. The Morgan fingerprint density at radius 1 is 1.28 bits per heavy atom. The van der Waals surface area contributed by atoms with Crippen LogP contribution in [0.3, 0.4) is 0 Å². The number of rotatable bonds is 6. The fraction of sp³-hybridized carbons (Fsp3) is 0.235. The van der Waals surface area contributed by atoms with E-state index in [0.29, 0.717) is 24.3 Å². The van der Waals surface area contributed by atoms with E-state index in [1.54, 1.807) is 35.2 Å². The van der Waals surface area contributed by atoms with Crippen LogP contribution in [0.15, 0.2) is 41.8 Å². The van der Waals surface area contributed by atoms with Gasteiger partial charge in [-0.2, -0.15) is 0 Å². The molecule has 1 atom stereocenters. The molecule has 1 aromatic heterocycles. The van der Waals surface area contributed by atoms with Crippen LogP contribution in [0.2, 0.25) is 0 Å². The summed E-state index contributed by atoms with van der Waals surface area (Å²) in [5, 5.41) is 16.4. The van der Waals surface area contributed by atoms with Crippen molar-refractivity contribution in [3.63, 3.8) is 0 Å². The standard InChI is InChI=1S/C17H17N3O4S/c21-15(22)10-13(14-2-1-9-25-14)19-16(23)11-3-5-12(6-4-11)20-8-7-18-17(20)24/h1-6,9,13H,7-8,10H2,(H,18,24)(H,19,23)(H,21,22). The van der Waals surface area contributed by atoms with Gasteiger partial charge in [-0.3, -0.25) is 14.5 Å². The van der Waals surface area contributed by atoms with E-state index >= 15 is 0 Å². The molecule has 3 amide bonds. The van der Waals surface area contributed by atoms with E-state index in [1.165, 1.54) is 11.3 Å². The average molecular weight is 359 g/mol. The third-order valence-electron chi connectivity index (χ3n) is 3.87. The first-order valence-corrected chi connectivity index (χ1v) is 8.64. The van der Waals surface area contributed by atoms with Crippen molar-refractivity contribution in [3.8, 4) is 0 Å². The molecule has 8 heteroatoms. The van der Waals surface area contributed by atoms with Crippen LogP contribution in [-0.4, -0.2) is 36.1 Å². The minimum absolute atomic E-state index is 0.156. The van der Waals surface area contributed by atoms with Crippen LogP contribution >= 0.6 is 11.3 Å². The molecule has 1 unspecified atom stereocenters. The predicted molar refractivity (Wildman–Crippen MR) is 94.0 cm³/mol. The maximum Gasteiger partial charge on any atom is 0.321 e. The Bertz CT molecular complexity index is 774. The highest BCUT2D eigenvalue weighted by molar-refractivity contribution is 7.10. The summed E-state index contributed by atoms with van der Waals surface area (Å²) in [6.07, 6.45) is -0.182. The summed E-state index contributed by atoms with van der Waals surface area (Å²) in [4.78, 5) is 37.5. The van der Waals surface area contributed by atoms with Crippen LogP contribution in [-0.2, 0) is 4.79 Å². The molecule has 0 aliphatic carbocycles. The number of amides is 3. The first kappa shape index (κ1) is 17.0. The highest BCUT2D eigenvalue weighted by atomic mass is 32.1. The highest BCUT2D eigenvalue weighted by Gasteiger charge is 2.22. The molecule has 2 heterocycles. The van der Waals surface area contributed by atoms with Crippen molar-refractivity contribution in [3.05, 3.63) is 52.2 Å². The number of carboxylic acid groups (broad SMARTS) is 1. The van der Waals surface area contributed by atoms with Gasteiger partial charge in [0, 0.05) is 29.2 Å².